The van der Waals surface area contributed by atoms with E-state index in [0.29, 0.717) is 52.1 Å². The molecule has 36 heavy (non-hydrogen) atoms. The number of phenols is 2. The Morgan fingerprint density at radius 3 is 1.50 bits per heavy atom. The second-order valence-electron chi connectivity index (χ2n) is 8.06. The van der Waals surface area contributed by atoms with Crippen LogP contribution in [0.15, 0.2) is 64.4 Å². The van der Waals surface area contributed by atoms with E-state index in [2.05, 4.69) is 40.2 Å². The zero-order valence-corrected chi connectivity index (χ0v) is 21.8. The van der Waals surface area contributed by atoms with Gasteiger partial charge in [0, 0.05) is 27.5 Å². The van der Waals surface area contributed by atoms with Crippen molar-refractivity contribution in [2.75, 3.05) is 13.2 Å². The summed E-state index contributed by atoms with van der Waals surface area (Å²) in [5, 5.41) is 21.5. The summed E-state index contributed by atoms with van der Waals surface area (Å²) in [5.74, 6) is 1.85. The highest BCUT2D eigenvalue weighted by atomic mass is 32.1. The number of aromatic nitrogens is 3. The molecule has 186 valence electrons. The molecule has 1 aromatic heterocycles. The Bertz CT molecular complexity index is 1310. The van der Waals surface area contributed by atoms with Crippen molar-refractivity contribution >= 4 is 25.3 Å². The first-order valence-electron chi connectivity index (χ1n) is 11.6. The van der Waals surface area contributed by atoms with Crippen LogP contribution in [0.1, 0.15) is 26.7 Å². The normalized spacial score (nSPS) is 10.9. The number of phenolic OH excluding ortho intramolecular Hbond substituents is 2. The van der Waals surface area contributed by atoms with Gasteiger partial charge in [-0.1, -0.05) is 13.8 Å². The van der Waals surface area contributed by atoms with Crippen molar-refractivity contribution < 1.29 is 19.7 Å². The van der Waals surface area contributed by atoms with Gasteiger partial charge in [0.25, 0.3) is 0 Å². The number of rotatable bonds is 9. The molecule has 0 spiro atoms. The number of hydrogen-bond donors (Lipinski definition) is 4. The molecule has 1 heterocycles. The second-order valence-corrected chi connectivity index (χ2v) is 9.06. The van der Waals surface area contributed by atoms with E-state index in [-0.39, 0.29) is 23.1 Å². The molecule has 7 nitrogen and oxygen atoms in total. The number of thiol groups is 2. The largest absolute Gasteiger partial charge is 0.507 e. The minimum atomic E-state index is -0.0314. The predicted molar refractivity (Wildman–Crippen MR) is 146 cm³/mol. The maximum atomic E-state index is 10.8. The molecule has 9 heteroatoms. The summed E-state index contributed by atoms with van der Waals surface area (Å²) < 4.78 is 11.2. The topological polar surface area (TPSA) is 97.6 Å². The maximum Gasteiger partial charge on any atom is 0.167 e. The molecule has 0 saturated carbocycles. The van der Waals surface area contributed by atoms with Crippen molar-refractivity contribution in [3.63, 3.8) is 0 Å². The fraction of sp³-hybridized carbons (Fsp3) is 0.222. The minimum absolute atomic E-state index is 0.0314. The Balaban J connectivity index is 1.85. The van der Waals surface area contributed by atoms with E-state index < -0.39 is 0 Å². The Morgan fingerprint density at radius 2 is 1.08 bits per heavy atom. The van der Waals surface area contributed by atoms with Crippen molar-refractivity contribution in [2.45, 2.75) is 36.5 Å². The van der Waals surface area contributed by atoms with Gasteiger partial charge in [-0.05, 0) is 55.3 Å². The summed E-state index contributed by atoms with van der Waals surface area (Å²) in [6.07, 6.45) is 1.71. The number of aromatic hydroxyl groups is 2. The van der Waals surface area contributed by atoms with E-state index in [1.165, 1.54) is 12.1 Å². The summed E-state index contributed by atoms with van der Waals surface area (Å²) in [4.78, 5) is 15.2. The molecule has 0 bridgehead atoms. The molecule has 0 unspecified atom stereocenters. The van der Waals surface area contributed by atoms with Gasteiger partial charge in [0.2, 0.25) is 0 Å². The molecule has 0 atom stereocenters. The molecule has 0 fully saturated rings. The first kappa shape index (κ1) is 25.7. The van der Waals surface area contributed by atoms with Crippen molar-refractivity contribution in [2.24, 2.45) is 0 Å². The molecule has 2 N–H and O–H groups in total. The van der Waals surface area contributed by atoms with Crippen molar-refractivity contribution in [3.05, 3.63) is 54.6 Å². The van der Waals surface area contributed by atoms with Crippen LogP contribution in [-0.4, -0.2) is 38.4 Å². The van der Waals surface area contributed by atoms with E-state index in [9.17, 15) is 10.2 Å². The van der Waals surface area contributed by atoms with Gasteiger partial charge in [-0.3, -0.25) is 0 Å². The van der Waals surface area contributed by atoms with Crippen LogP contribution in [0.3, 0.4) is 0 Å². The van der Waals surface area contributed by atoms with Gasteiger partial charge < -0.3 is 19.7 Å². The van der Waals surface area contributed by atoms with E-state index in [1.54, 1.807) is 30.3 Å². The molecule has 0 saturated heterocycles. The molecule has 3 aromatic carbocycles. The number of ether oxygens (including phenoxy) is 2. The molecular weight excluding hydrogens is 494 g/mol. The van der Waals surface area contributed by atoms with Gasteiger partial charge in [-0.2, -0.15) is 0 Å². The fourth-order valence-electron chi connectivity index (χ4n) is 3.47. The SMILES string of the molecule is CCCOc1ccc(-c2nc(-c3ccc(OCCC)cc3O)nc(-c3ccc(S)cc3S)n2)c(O)c1. The van der Waals surface area contributed by atoms with Crippen LogP contribution in [0.2, 0.25) is 0 Å². The molecule has 0 aliphatic rings. The molecule has 4 rings (SSSR count). The number of benzene rings is 3. The first-order valence-corrected chi connectivity index (χ1v) is 12.5. The Hall–Kier alpha value is -3.43. The average Bonchev–Trinajstić information content (AvgIpc) is 2.86. The van der Waals surface area contributed by atoms with E-state index in [0.717, 1.165) is 17.7 Å². The highest BCUT2D eigenvalue weighted by Gasteiger charge is 2.18. The van der Waals surface area contributed by atoms with Crippen molar-refractivity contribution in [1.29, 1.82) is 0 Å². The van der Waals surface area contributed by atoms with Crippen LogP contribution in [0.5, 0.6) is 23.0 Å². The standard InChI is InChI=1S/C27H27N3O4S2/c1-3-11-33-16-5-8-19(22(31)13-16)25-28-26(20-9-6-17(14-23(20)32)34-12-4-2)30-27(29-25)21-10-7-18(35)15-24(21)36/h5-10,13-15,31-32,35-36H,3-4,11-12H2,1-2H3. The molecule has 0 radical (unpaired) electrons. The third-order valence-corrected chi connectivity index (χ3v) is 5.87. The van der Waals surface area contributed by atoms with Crippen LogP contribution in [0, 0.1) is 0 Å². The van der Waals surface area contributed by atoms with Gasteiger partial charge in [0.1, 0.15) is 23.0 Å². The fourth-order valence-corrected chi connectivity index (χ4v) is 4.09. The smallest absolute Gasteiger partial charge is 0.167 e. The van der Waals surface area contributed by atoms with Gasteiger partial charge in [0.05, 0.1) is 24.3 Å². The van der Waals surface area contributed by atoms with E-state index in [4.69, 9.17) is 9.47 Å². The number of hydrogen-bond acceptors (Lipinski definition) is 9. The second kappa shape index (κ2) is 11.5. The summed E-state index contributed by atoms with van der Waals surface area (Å²) in [6, 6.07) is 15.4. The van der Waals surface area contributed by atoms with Crippen LogP contribution in [-0.2, 0) is 0 Å². The quantitative estimate of drug-likeness (QED) is 0.188. The number of nitrogens with zero attached hydrogens (tertiary/aromatic N) is 3. The average molecular weight is 522 g/mol. The molecule has 0 aliphatic heterocycles. The summed E-state index contributed by atoms with van der Waals surface area (Å²) >= 11 is 8.94. The van der Waals surface area contributed by atoms with Crippen molar-refractivity contribution in [1.82, 2.24) is 15.0 Å². The lowest BCUT2D eigenvalue weighted by Gasteiger charge is -2.13. The Labute approximate surface area is 221 Å². The third-order valence-electron chi connectivity index (χ3n) is 5.22. The lowest BCUT2D eigenvalue weighted by atomic mass is 10.1. The molecule has 0 aliphatic carbocycles. The molecule has 0 amide bonds. The summed E-state index contributed by atoms with van der Waals surface area (Å²) in [5.41, 5.74) is 1.46. The maximum absolute atomic E-state index is 10.8. The third kappa shape index (κ3) is 5.85. The van der Waals surface area contributed by atoms with Crippen LogP contribution in [0.4, 0.5) is 0 Å². The monoisotopic (exact) mass is 521 g/mol. The zero-order chi connectivity index (χ0) is 25.7. The first-order chi connectivity index (χ1) is 17.4. The summed E-state index contributed by atoms with van der Waals surface area (Å²) in [7, 11) is 0. The van der Waals surface area contributed by atoms with Gasteiger partial charge in [-0.25, -0.2) is 15.0 Å². The van der Waals surface area contributed by atoms with Gasteiger partial charge in [0.15, 0.2) is 17.5 Å². The lowest BCUT2D eigenvalue weighted by Crippen LogP contribution is -2.02. The van der Waals surface area contributed by atoms with E-state index >= 15 is 0 Å². The Kier molecular flexibility index (Phi) is 8.22. The van der Waals surface area contributed by atoms with Crippen LogP contribution in [0.25, 0.3) is 34.2 Å². The highest BCUT2D eigenvalue weighted by Crippen LogP contribution is 2.36. The molecule has 4 aromatic rings. The minimum Gasteiger partial charge on any atom is -0.507 e. The summed E-state index contributed by atoms with van der Waals surface area (Å²) in [6.45, 7) is 5.11. The lowest BCUT2D eigenvalue weighted by molar-refractivity contribution is 0.315. The highest BCUT2D eigenvalue weighted by molar-refractivity contribution is 7.81. The van der Waals surface area contributed by atoms with Crippen molar-refractivity contribution in [3.8, 4) is 57.2 Å². The van der Waals surface area contributed by atoms with Crippen LogP contribution < -0.4 is 9.47 Å². The van der Waals surface area contributed by atoms with E-state index in [1.807, 2.05) is 26.0 Å². The van der Waals surface area contributed by atoms with Gasteiger partial charge >= 0.3 is 0 Å². The molecular formula is C27H27N3O4S2. The van der Waals surface area contributed by atoms with Crippen LogP contribution >= 0.6 is 25.3 Å². The van der Waals surface area contributed by atoms with Gasteiger partial charge in [-0.15, -0.1) is 25.3 Å². The zero-order valence-electron chi connectivity index (χ0n) is 20.0. The predicted octanol–water partition coefficient (Wildman–Crippen LogP) is 6.44. The Morgan fingerprint density at radius 1 is 0.639 bits per heavy atom.